The molecule has 0 aromatic heterocycles. The van der Waals surface area contributed by atoms with Gasteiger partial charge in [0.25, 0.3) is 0 Å². The maximum Gasteiger partial charge on any atom is 0.0244 e. The summed E-state index contributed by atoms with van der Waals surface area (Å²) in [4.78, 5) is 2.73. The van der Waals surface area contributed by atoms with Gasteiger partial charge in [0.1, 0.15) is 0 Å². The maximum atomic E-state index is 3.73. The molecule has 0 spiro atoms. The van der Waals surface area contributed by atoms with Gasteiger partial charge in [-0.1, -0.05) is 48.5 Å². The van der Waals surface area contributed by atoms with Crippen LogP contribution in [0.25, 0.3) is 0 Å². The largest absolute Gasteiger partial charge is 0.311 e. The van der Waals surface area contributed by atoms with E-state index >= 15 is 0 Å². The quantitative estimate of drug-likeness (QED) is 0.824. The summed E-state index contributed by atoms with van der Waals surface area (Å²) >= 11 is 0. The van der Waals surface area contributed by atoms with Gasteiger partial charge in [0, 0.05) is 31.7 Å². The normalized spacial score (nSPS) is 35.4. The van der Waals surface area contributed by atoms with Crippen LogP contribution >= 0.6 is 0 Å². The molecule has 2 rings (SSSR count). The molecular formula is C17H34N2. The van der Waals surface area contributed by atoms with E-state index in [0.717, 1.165) is 12.5 Å². The lowest BCUT2D eigenvalue weighted by molar-refractivity contribution is 0.0849. The summed E-state index contributed by atoms with van der Waals surface area (Å²) in [6.07, 6.45) is 0. The molecule has 1 saturated heterocycles. The molecule has 1 aliphatic carbocycles. The molecule has 1 N–H and O–H groups in total. The monoisotopic (exact) mass is 266 g/mol. The summed E-state index contributed by atoms with van der Waals surface area (Å²) in [5, 5.41) is 3.73. The molecule has 2 atom stereocenters. The zero-order chi connectivity index (χ0) is 14.6. The van der Waals surface area contributed by atoms with Crippen LogP contribution < -0.4 is 5.32 Å². The summed E-state index contributed by atoms with van der Waals surface area (Å²) < 4.78 is 0. The third-order valence-corrected chi connectivity index (χ3v) is 6.48. The summed E-state index contributed by atoms with van der Waals surface area (Å²) in [5.41, 5.74) is 1.37. The second-order valence-electron chi connectivity index (χ2n) is 9.13. The third kappa shape index (κ3) is 2.58. The zero-order valence-corrected chi connectivity index (χ0v) is 14.3. The molecule has 2 nitrogen and oxygen atoms in total. The lowest BCUT2D eigenvalue weighted by atomic mass is 9.84. The summed E-state index contributed by atoms with van der Waals surface area (Å²) in [6, 6.07) is 1.29. The number of nitrogens with zero attached hydrogens (tertiary/aromatic N) is 1. The number of piperazine rings is 1. The first-order valence-corrected chi connectivity index (χ1v) is 7.95. The Morgan fingerprint density at radius 2 is 1.63 bits per heavy atom. The second kappa shape index (κ2) is 4.46. The molecule has 0 aromatic rings. The molecule has 2 fully saturated rings. The summed E-state index contributed by atoms with van der Waals surface area (Å²) in [5.74, 6) is 0.848. The van der Waals surface area contributed by atoms with Crippen molar-refractivity contribution in [2.24, 2.45) is 22.2 Å². The van der Waals surface area contributed by atoms with E-state index in [9.17, 15) is 0 Å². The second-order valence-corrected chi connectivity index (χ2v) is 9.13. The summed E-state index contributed by atoms with van der Waals surface area (Å²) in [7, 11) is 0. The molecule has 1 heterocycles. The SMILES string of the molecule is CC1CNC(C(C)(C)C)CN1CC1C(C)(C)C1(C)C. The van der Waals surface area contributed by atoms with Crippen molar-refractivity contribution < 1.29 is 0 Å². The van der Waals surface area contributed by atoms with Crippen molar-refractivity contribution in [1.82, 2.24) is 10.2 Å². The first-order chi connectivity index (χ1) is 8.48. The van der Waals surface area contributed by atoms with E-state index < -0.39 is 0 Å². The highest BCUT2D eigenvalue weighted by Gasteiger charge is 2.64. The fraction of sp³-hybridized carbons (Fsp3) is 1.00. The lowest BCUT2D eigenvalue weighted by Gasteiger charge is -2.44. The van der Waals surface area contributed by atoms with Crippen LogP contribution in [0.15, 0.2) is 0 Å². The highest BCUT2D eigenvalue weighted by molar-refractivity contribution is 5.13. The molecule has 2 unspecified atom stereocenters. The van der Waals surface area contributed by atoms with Gasteiger partial charge >= 0.3 is 0 Å². The van der Waals surface area contributed by atoms with Crippen molar-refractivity contribution in [2.45, 2.75) is 67.5 Å². The Hall–Kier alpha value is -0.0800. The van der Waals surface area contributed by atoms with Crippen LogP contribution in [0.1, 0.15) is 55.4 Å². The number of rotatable bonds is 2. The first-order valence-electron chi connectivity index (χ1n) is 7.95. The smallest absolute Gasteiger partial charge is 0.0244 e. The van der Waals surface area contributed by atoms with Crippen molar-refractivity contribution in [2.75, 3.05) is 19.6 Å². The Morgan fingerprint density at radius 1 is 1.11 bits per heavy atom. The minimum atomic E-state index is 0.354. The van der Waals surface area contributed by atoms with Gasteiger partial charge in [0.2, 0.25) is 0 Å². The molecule has 0 aromatic carbocycles. The predicted octanol–water partition coefficient (Wildman–Crippen LogP) is 3.38. The summed E-state index contributed by atoms with van der Waals surface area (Å²) in [6.45, 7) is 22.8. The molecule has 1 aliphatic heterocycles. The molecular weight excluding hydrogens is 232 g/mol. The fourth-order valence-corrected chi connectivity index (χ4v) is 3.78. The van der Waals surface area contributed by atoms with Crippen molar-refractivity contribution in [3.8, 4) is 0 Å². The van der Waals surface area contributed by atoms with Crippen LogP contribution in [0, 0.1) is 22.2 Å². The van der Waals surface area contributed by atoms with E-state index in [1.54, 1.807) is 0 Å². The van der Waals surface area contributed by atoms with Crippen molar-refractivity contribution in [3.63, 3.8) is 0 Å². The van der Waals surface area contributed by atoms with Gasteiger partial charge in [-0.2, -0.15) is 0 Å². The van der Waals surface area contributed by atoms with Crippen molar-refractivity contribution in [1.29, 1.82) is 0 Å². The Labute approximate surface area is 120 Å². The van der Waals surface area contributed by atoms with Gasteiger partial charge in [-0.25, -0.2) is 0 Å². The van der Waals surface area contributed by atoms with Gasteiger partial charge in [-0.15, -0.1) is 0 Å². The van der Waals surface area contributed by atoms with Gasteiger partial charge < -0.3 is 5.32 Å². The van der Waals surface area contributed by atoms with E-state index in [1.165, 1.54) is 13.1 Å². The Balaban J connectivity index is 2.00. The first kappa shape index (κ1) is 15.3. The number of hydrogen-bond acceptors (Lipinski definition) is 2. The minimum Gasteiger partial charge on any atom is -0.311 e. The van der Waals surface area contributed by atoms with Gasteiger partial charge in [-0.3, -0.25) is 4.90 Å². The Morgan fingerprint density at radius 3 is 2.05 bits per heavy atom. The molecule has 1 saturated carbocycles. The number of hydrogen-bond donors (Lipinski definition) is 1. The highest BCUT2D eigenvalue weighted by Crippen LogP contribution is 2.68. The molecule has 2 aliphatic rings. The Kier molecular flexibility index (Phi) is 3.59. The predicted molar refractivity (Wildman–Crippen MR) is 83.3 cm³/mol. The van der Waals surface area contributed by atoms with Gasteiger partial charge in [0.05, 0.1) is 0 Å². The average Bonchev–Trinajstić information content (AvgIpc) is 2.62. The third-order valence-electron chi connectivity index (χ3n) is 6.48. The van der Waals surface area contributed by atoms with E-state index in [0.29, 0.717) is 28.3 Å². The van der Waals surface area contributed by atoms with E-state index in [-0.39, 0.29) is 0 Å². The van der Waals surface area contributed by atoms with E-state index in [1.807, 2.05) is 0 Å². The standard InChI is InChI=1S/C17H34N2/c1-12-9-18-14(15(2,3)4)11-19(12)10-13-16(5,6)17(13,7)8/h12-14,18H,9-11H2,1-8H3. The van der Waals surface area contributed by atoms with Crippen molar-refractivity contribution in [3.05, 3.63) is 0 Å². The van der Waals surface area contributed by atoms with Crippen LogP contribution in [-0.4, -0.2) is 36.6 Å². The topological polar surface area (TPSA) is 15.3 Å². The van der Waals surface area contributed by atoms with Crippen LogP contribution in [0.4, 0.5) is 0 Å². The lowest BCUT2D eigenvalue weighted by Crippen LogP contribution is -2.59. The molecule has 2 heteroatoms. The van der Waals surface area contributed by atoms with Crippen LogP contribution in [0.2, 0.25) is 0 Å². The molecule has 0 bridgehead atoms. The zero-order valence-electron chi connectivity index (χ0n) is 14.3. The van der Waals surface area contributed by atoms with Crippen LogP contribution in [0.5, 0.6) is 0 Å². The van der Waals surface area contributed by atoms with Crippen molar-refractivity contribution >= 4 is 0 Å². The van der Waals surface area contributed by atoms with Crippen LogP contribution in [0.3, 0.4) is 0 Å². The van der Waals surface area contributed by atoms with Gasteiger partial charge in [-0.05, 0) is 29.1 Å². The maximum absolute atomic E-state index is 3.73. The molecule has 112 valence electrons. The van der Waals surface area contributed by atoms with E-state index in [2.05, 4.69) is 65.6 Å². The average molecular weight is 266 g/mol. The molecule has 0 amide bonds. The fourth-order valence-electron chi connectivity index (χ4n) is 3.78. The van der Waals surface area contributed by atoms with Gasteiger partial charge in [0.15, 0.2) is 0 Å². The number of nitrogens with one attached hydrogen (secondary N) is 1. The highest BCUT2D eigenvalue weighted by atomic mass is 15.2. The minimum absolute atomic E-state index is 0.354. The Bertz CT molecular complexity index is 324. The molecule has 19 heavy (non-hydrogen) atoms. The van der Waals surface area contributed by atoms with E-state index in [4.69, 9.17) is 0 Å². The molecule has 0 radical (unpaired) electrons. The van der Waals surface area contributed by atoms with Crippen LogP contribution in [-0.2, 0) is 0 Å².